The monoisotopic (exact) mass is 288 g/mol. The summed E-state index contributed by atoms with van der Waals surface area (Å²) in [5, 5.41) is 8.80. The minimum absolute atomic E-state index is 0.151. The van der Waals surface area contributed by atoms with Gasteiger partial charge in [-0.25, -0.2) is 0 Å². The molecule has 0 aromatic heterocycles. The first-order valence-corrected chi connectivity index (χ1v) is 7.85. The Morgan fingerprint density at radius 1 is 0.857 bits per heavy atom. The zero-order chi connectivity index (χ0) is 16.1. The van der Waals surface area contributed by atoms with Gasteiger partial charge in [-0.3, -0.25) is 0 Å². The summed E-state index contributed by atoms with van der Waals surface area (Å²) in [5.74, 6) is 0. The predicted octanol–water partition coefficient (Wildman–Crippen LogP) is 5.90. The molecule has 1 N–H and O–H groups in total. The molecule has 1 nitrogen and oxygen atoms in total. The fraction of sp³-hybridized carbons (Fsp3) is 0.500. The van der Waals surface area contributed by atoms with Crippen LogP contribution in [0.5, 0.6) is 0 Å². The first kappa shape index (κ1) is 19.7. The lowest BCUT2D eigenvalue weighted by atomic mass is 10.1. The summed E-state index contributed by atoms with van der Waals surface area (Å²) in [5.41, 5.74) is 5.24. The summed E-state index contributed by atoms with van der Waals surface area (Å²) >= 11 is 0. The average Bonchev–Trinajstić information content (AvgIpc) is 2.38. The largest absolute Gasteiger partial charge is 0.392 e. The molecule has 0 aromatic rings. The number of allylic oxidation sites excluding steroid dienone is 8. The molecule has 0 heterocycles. The van der Waals surface area contributed by atoms with Gasteiger partial charge in [-0.2, -0.15) is 0 Å². The molecule has 0 aromatic carbocycles. The lowest BCUT2D eigenvalue weighted by molar-refractivity contribution is 0.341. The van der Waals surface area contributed by atoms with Crippen molar-refractivity contribution in [1.82, 2.24) is 0 Å². The fourth-order valence-corrected chi connectivity index (χ4v) is 1.98. The highest BCUT2D eigenvalue weighted by molar-refractivity contribution is 5.15. The molecule has 0 unspecified atom stereocenters. The van der Waals surface area contributed by atoms with Crippen LogP contribution in [-0.4, -0.2) is 11.7 Å². The summed E-state index contributed by atoms with van der Waals surface area (Å²) in [4.78, 5) is 0. The zero-order valence-corrected chi connectivity index (χ0v) is 14.3. The second kappa shape index (κ2) is 12.4. The molecule has 0 aliphatic carbocycles. The van der Waals surface area contributed by atoms with E-state index in [0.717, 1.165) is 37.7 Å². The molecule has 1 heteroatoms. The van der Waals surface area contributed by atoms with Crippen LogP contribution < -0.4 is 0 Å². The first-order valence-electron chi connectivity index (χ1n) is 7.85. The quantitative estimate of drug-likeness (QED) is 0.392. The molecular weight excluding hydrogens is 256 g/mol. The smallest absolute Gasteiger partial charge is 0.0614 e. The van der Waals surface area contributed by atoms with Gasteiger partial charge in [0.2, 0.25) is 0 Å². The molecule has 21 heavy (non-hydrogen) atoms. The van der Waals surface area contributed by atoms with Crippen LogP contribution in [0.1, 0.15) is 59.8 Å². The van der Waals surface area contributed by atoms with Gasteiger partial charge in [0, 0.05) is 0 Å². The summed E-state index contributed by atoms with van der Waals surface area (Å²) in [6, 6.07) is 0. The number of hydrogen-bond acceptors (Lipinski definition) is 1. The van der Waals surface area contributed by atoms with Gasteiger partial charge in [-0.05, 0) is 59.8 Å². The fourth-order valence-electron chi connectivity index (χ4n) is 1.98. The van der Waals surface area contributed by atoms with E-state index in [0.29, 0.717) is 0 Å². The Morgan fingerprint density at radius 2 is 1.38 bits per heavy atom. The Kier molecular flexibility index (Phi) is 11.6. The maximum atomic E-state index is 8.80. The van der Waals surface area contributed by atoms with Crippen LogP contribution in [0.4, 0.5) is 0 Å². The zero-order valence-electron chi connectivity index (χ0n) is 14.3. The molecule has 0 saturated heterocycles. The molecule has 0 spiro atoms. The normalized spacial score (nSPS) is 14.0. The molecule has 0 rings (SSSR count). The van der Waals surface area contributed by atoms with E-state index in [2.05, 4.69) is 51.7 Å². The van der Waals surface area contributed by atoms with Crippen molar-refractivity contribution in [3.8, 4) is 0 Å². The van der Waals surface area contributed by atoms with Crippen LogP contribution in [0.25, 0.3) is 0 Å². The highest BCUT2D eigenvalue weighted by Gasteiger charge is 1.92. The van der Waals surface area contributed by atoms with Crippen molar-refractivity contribution < 1.29 is 5.11 Å². The van der Waals surface area contributed by atoms with Crippen molar-refractivity contribution in [3.05, 3.63) is 59.3 Å². The van der Waals surface area contributed by atoms with Crippen LogP contribution in [0.3, 0.4) is 0 Å². The summed E-state index contributed by atoms with van der Waals surface area (Å²) in [6.45, 7) is 12.5. The minimum atomic E-state index is 0.151. The number of hydrogen-bond donors (Lipinski definition) is 1. The topological polar surface area (TPSA) is 20.2 Å². The number of rotatable bonds is 10. The van der Waals surface area contributed by atoms with Crippen molar-refractivity contribution >= 4 is 0 Å². The van der Waals surface area contributed by atoms with Crippen LogP contribution >= 0.6 is 0 Å². The molecule has 118 valence electrons. The average molecular weight is 288 g/mol. The van der Waals surface area contributed by atoms with Gasteiger partial charge in [0.15, 0.2) is 0 Å². The van der Waals surface area contributed by atoms with E-state index in [4.69, 9.17) is 5.11 Å². The lowest BCUT2D eigenvalue weighted by Crippen LogP contribution is -1.83. The van der Waals surface area contributed by atoms with E-state index in [-0.39, 0.29) is 6.61 Å². The van der Waals surface area contributed by atoms with E-state index >= 15 is 0 Å². The van der Waals surface area contributed by atoms with Gasteiger partial charge >= 0.3 is 0 Å². The number of aliphatic hydroxyl groups excluding tert-OH is 1. The lowest BCUT2D eigenvalue weighted by Gasteiger charge is -2.01. The highest BCUT2D eigenvalue weighted by atomic mass is 16.2. The Hall–Kier alpha value is -1.34. The van der Waals surface area contributed by atoms with E-state index in [1.165, 1.54) is 16.7 Å². The molecule has 0 aliphatic heterocycles. The molecular formula is C20H32O. The predicted molar refractivity (Wildman–Crippen MR) is 95.4 cm³/mol. The molecule has 0 aliphatic rings. The summed E-state index contributed by atoms with van der Waals surface area (Å²) in [7, 11) is 0. The molecule has 0 bridgehead atoms. The summed E-state index contributed by atoms with van der Waals surface area (Å²) in [6.07, 6.45) is 16.1. The molecule has 0 atom stereocenters. The maximum absolute atomic E-state index is 8.80. The Labute approximate surface area is 131 Å². The van der Waals surface area contributed by atoms with Crippen LogP contribution in [-0.2, 0) is 0 Å². The Morgan fingerprint density at radius 3 is 1.90 bits per heavy atom. The molecule has 0 radical (unpaired) electrons. The van der Waals surface area contributed by atoms with Crippen LogP contribution in [0.2, 0.25) is 0 Å². The first-order chi connectivity index (χ1) is 9.95. The third-order valence-corrected chi connectivity index (χ3v) is 3.34. The van der Waals surface area contributed by atoms with Crippen molar-refractivity contribution in [2.75, 3.05) is 6.61 Å². The van der Waals surface area contributed by atoms with Crippen molar-refractivity contribution in [3.63, 3.8) is 0 Å². The van der Waals surface area contributed by atoms with Gasteiger partial charge in [0.05, 0.1) is 6.61 Å². The third kappa shape index (κ3) is 13.4. The van der Waals surface area contributed by atoms with Gasteiger partial charge in [0.1, 0.15) is 0 Å². The van der Waals surface area contributed by atoms with E-state index in [1.54, 1.807) is 0 Å². The van der Waals surface area contributed by atoms with Gasteiger partial charge in [-0.1, -0.05) is 59.3 Å². The maximum Gasteiger partial charge on any atom is 0.0614 e. The second-order valence-corrected chi connectivity index (χ2v) is 5.86. The standard InChI is InChI=1S/C20H32O/c1-17(2)9-6-10-18(3)11-7-12-19(4)13-8-14-20(5)15-16-21/h6,9,11,13,15,21H,1,7-8,10,12,14,16H2,2-5H3/b9-6+,18-11+,19-13+,20-15+. The summed E-state index contributed by atoms with van der Waals surface area (Å²) < 4.78 is 0. The van der Waals surface area contributed by atoms with Crippen LogP contribution in [0, 0.1) is 0 Å². The molecule has 0 fully saturated rings. The molecule has 0 amide bonds. The van der Waals surface area contributed by atoms with Gasteiger partial charge in [0.25, 0.3) is 0 Å². The van der Waals surface area contributed by atoms with Gasteiger partial charge < -0.3 is 5.11 Å². The highest BCUT2D eigenvalue weighted by Crippen LogP contribution is 2.12. The van der Waals surface area contributed by atoms with Crippen molar-refractivity contribution in [1.29, 1.82) is 0 Å². The Balaban J connectivity index is 3.98. The second-order valence-electron chi connectivity index (χ2n) is 5.86. The van der Waals surface area contributed by atoms with E-state index in [9.17, 15) is 0 Å². The van der Waals surface area contributed by atoms with E-state index < -0.39 is 0 Å². The SMILES string of the molecule is C=C(C)/C=C/C/C(C)=C/CC/C(C)=C/CC/C(C)=C/CO. The van der Waals surface area contributed by atoms with Crippen LogP contribution in [0.15, 0.2) is 59.3 Å². The van der Waals surface area contributed by atoms with Gasteiger partial charge in [-0.15, -0.1) is 0 Å². The molecule has 0 saturated carbocycles. The van der Waals surface area contributed by atoms with Crippen molar-refractivity contribution in [2.24, 2.45) is 0 Å². The minimum Gasteiger partial charge on any atom is -0.392 e. The van der Waals surface area contributed by atoms with E-state index in [1.807, 2.05) is 13.0 Å². The number of aliphatic hydroxyl groups is 1. The third-order valence-electron chi connectivity index (χ3n) is 3.34. The van der Waals surface area contributed by atoms with Crippen molar-refractivity contribution in [2.45, 2.75) is 59.8 Å². The Bertz CT molecular complexity index is 419.